The van der Waals surface area contributed by atoms with E-state index < -0.39 is 6.36 Å². The zero-order valence-electron chi connectivity index (χ0n) is 14.4. The summed E-state index contributed by atoms with van der Waals surface area (Å²) in [7, 11) is 0. The number of anilines is 2. The molecule has 0 spiro atoms. The molecular weight excluding hydrogens is 371 g/mol. The maximum atomic E-state index is 12.5. The molecule has 27 heavy (non-hydrogen) atoms. The minimum Gasteiger partial charge on any atom is -0.406 e. The van der Waals surface area contributed by atoms with Crippen molar-refractivity contribution >= 4 is 23.1 Å². The molecule has 0 aromatic heterocycles. The summed E-state index contributed by atoms with van der Waals surface area (Å²) >= 11 is 1.70. The van der Waals surface area contributed by atoms with Crippen molar-refractivity contribution in [2.45, 2.75) is 29.0 Å². The van der Waals surface area contributed by atoms with Gasteiger partial charge in [0.1, 0.15) is 5.75 Å². The molecule has 2 nitrogen and oxygen atoms in total. The molecule has 0 aliphatic carbocycles. The summed E-state index contributed by atoms with van der Waals surface area (Å²) in [6, 6.07) is 20.3. The van der Waals surface area contributed by atoms with Gasteiger partial charge in [-0.2, -0.15) is 0 Å². The number of alkyl halides is 3. The van der Waals surface area contributed by atoms with Crippen molar-refractivity contribution in [3.05, 3.63) is 77.9 Å². The molecule has 3 aromatic carbocycles. The van der Waals surface area contributed by atoms with Crippen LogP contribution < -0.4 is 10.1 Å². The zero-order chi connectivity index (χ0) is 19.0. The molecule has 0 saturated heterocycles. The fourth-order valence-electron chi connectivity index (χ4n) is 3.10. The van der Waals surface area contributed by atoms with Gasteiger partial charge < -0.3 is 10.1 Å². The van der Waals surface area contributed by atoms with Gasteiger partial charge in [0, 0.05) is 15.7 Å². The highest BCUT2D eigenvalue weighted by Crippen LogP contribution is 2.45. The average Bonchev–Trinajstić information content (AvgIpc) is 2.64. The Kier molecular flexibility index (Phi) is 4.52. The lowest BCUT2D eigenvalue weighted by atomic mass is 9.92. The maximum absolute atomic E-state index is 12.5. The van der Waals surface area contributed by atoms with Crippen molar-refractivity contribution in [1.29, 1.82) is 0 Å². The van der Waals surface area contributed by atoms with E-state index in [9.17, 15) is 13.2 Å². The summed E-state index contributed by atoms with van der Waals surface area (Å²) in [5, 5.41) is 3.44. The van der Waals surface area contributed by atoms with E-state index in [2.05, 4.69) is 22.2 Å². The van der Waals surface area contributed by atoms with Crippen LogP contribution in [0.4, 0.5) is 24.5 Å². The van der Waals surface area contributed by atoms with Crippen molar-refractivity contribution < 1.29 is 17.9 Å². The Morgan fingerprint density at radius 3 is 2.41 bits per heavy atom. The minimum atomic E-state index is -4.69. The number of halogens is 3. The lowest BCUT2D eigenvalue weighted by Crippen LogP contribution is -2.17. The summed E-state index contributed by atoms with van der Waals surface area (Å²) in [6.45, 7) is 1.97. The summed E-state index contributed by atoms with van der Waals surface area (Å²) in [5.41, 5.74) is 3.84. The monoisotopic (exact) mass is 387 g/mol. The minimum absolute atomic E-state index is 0.0731. The molecule has 3 aromatic rings. The van der Waals surface area contributed by atoms with Crippen LogP contribution in [0.25, 0.3) is 0 Å². The second kappa shape index (κ2) is 6.85. The number of rotatable bonds is 3. The Balaban J connectivity index is 1.61. The first-order chi connectivity index (χ1) is 12.9. The molecule has 138 valence electrons. The van der Waals surface area contributed by atoms with E-state index >= 15 is 0 Å². The molecule has 1 atom stereocenters. The SMILES string of the molecule is CC(c1cccc(OC(F)(F)F)c1)c1ccc2c(c1)Nc1ccccc1S2. The van der Waals surface area contributed by atoms with E-state index in [4.69, 9.17) is 0 Å². The quantitative estimate of drug-likeness (QED) is 0.411. The van der Waals surface area contributed by atoms with Crippen LogP contribution in [0.5, 0.6) is 5.75 Å². The van der Waals surface area contributed by atoms with E-state index in [0.717, 1.165) is 27.4 Å². The Morgan fingerprint density at radius 2 is 1.59 bits per heavy atom. The highest BCUT2D eigenvalue weighted by atomic mass is 32.2. The van der Waals surface area contributed by atoms with E-state index in [1.807, 2.05) is 43.3 Å². The second-order valence-electron chi connectivity index (χ2n) is 6.32. The predicted octanol–water partition coefficient (Wildman–Crippen LogP) is 6.95. The van der Waals surface area contributed by atoms with Crippen molar-refractivity contribution in [3.63, 3.8) is 0 Å². The second-order valence-corrected chi connectivity index (χ2v) is 7.40. The smallest absolute Gasteiger partial charge is 0.406 e. The standard InChI is InChI=1S/C21H16F3NOS/c1-13(14-5-4-6-16(11-14)26-21(22,23)24)15-9-10-20-18(12-15)25-17-7-2-3-8-19(17)27-20/h2-13,25H,1H3. The van der Waals surface area contributed by atoms with Gasteiger partial charge in [-0.25, -0.2) is 0 Å². The molecule has 1 heterocycles. The van der Waals surface area contributed by atoms with E-state index in [0.29, 0.717) is 0 Å². The maximum Gasteiger partial charge on any atom is 0.573 e. The number of hydrogen-bond acceptors (Lipinski definition) is 3. The molecule has 0 fully saturated rings. The highest BCUT2D eigenvalue weighted by Gasteiger charge is 2.31. The number of nitrogens with one attached hydrogen (secondary N) is 1. The van der Waals surface area contributed by atoms with Crippen molar-refractivity contribution in [2.24, 2.45) is 0 Å². The lowest BCUT2D eigenvalue weighted by Gasteiger charge is -2.23. The molecule has 0 saturated carbocycles. The van der Waals surface area contributed by atoms with E-state index in [1.54, 1.807) is 17.8 Å². The Morgan fingerprint density at radius 1 is 0.852 bits per heavy atom. The highest BCUT2D eigenvalue weighted by molar-refractivity contribution is 7.99. The van der Waals surface area contributed by atoms with Gasteiger partial charge in [-0.3, -0.25) is 0 Å². The molecule has 1 aliphatic rings. The van der Waals surface area contributed by atoms with Crippen LogP contribution in [-0.4, -0.2) is 6.36 Å². The molecule has 6 heteroatoms. The Labute approximate surface area is 159 Å². The summed E-state index contributed by atoms with van der Waals surface area (Å²) < 4.78 is 41.5. The number of fused-ring (bicyclic) bond motifs is 2. The van der Waals surface area contributed by atoms with Gasteiger partial charge in [-0.15, -0.1) is 13.2 Å². The van der Waals surface area contributed by atoms with Gasteiger partial charge in [0.25, 0.3) is 0 Å². The van der Waals surface area contributed by atoms with E-state index in [1.165, 1.54) is 17.0 Å². The molecule has 0 amide bonds. The van der Waals surface area contributed by atoms with Crippen LogP contribution in [-0.2, 0) is 0 Å². The molecule has 1 N–H and O–H groups in total. The van der Waals surface area contributed by atoms with Gasteiger partial charge in [0.2, 0.25) is 0 Å². The topological polar surface area (TPSA) is 21.3 Å². The number of hydrogen-bond donors (Lipinski definition) is 1. The van der Waals surface area contributed by atoms with Crippen LogP contribution in [0.2, 0.25) is 0 Å². The Bertz CT molecular complexity index is 987. The number of ether oxygens (including phenoxy) is 1. The summed E-state index contributed by atoms with van der Waals surface area (Å²) in [4.78, 5) is 2.29. The summed E-state index contributed by atoms with van der Waals surface area (Å²) in [5.74, 6) is -0.275. The fraction of sp³-hybridized carbons (Fsp3) is 0.143. The van der Waals surface area contributed by atoms with Crippen molar-refractivity contribution in [3.8, 4) is 5.75 Å². The third kappa shape index (κ3) is 3.90. The van der Waals surface area contributed by atoms with Crippen LogP contribution in [0.1, 0.15) is 24.0 Å². The molecular formula is C21H16F3NOS. The normalized spacial score (nSPS) is 13.9. The number of benzene rings is 3. The first kappa shape index (κ1) is 17.8. The average molecular weight is 387 g/mol. The first-order valence-electron chi connectivity index (χ1n) is 8.42. The van der Waals surface area contributed by atoms with Gasteiger partial charge >= 0.3 is 6.36 Å². The third-order valence-electron chi connectivity index (χ3n) is 4.47. The molecule has 0 bridgehead atoms. The van der Waals surface area contributed by atoms with Gasteiger partial charge in [-0.1, -0.05) is 49.0 Å². The molecule has 1 aliphatic heterocycles. The van der Waals surface area contributed by atoms with Gasteiger partial charge in [-0.05, 0) is 47.5 Å². The molecule has 4 rings (SSSR count). The van der Waals surface area contributed by atoms with Crippen LogP contribution in [0.15, 0.2) is 76.5 Å². The van der Waals surface area contributed by atoms with E-state index in [-0.39, 0.29) is 11.7 Å². The third-order valence-corrected chi connectivity index (χ3v) is 5.62. The summed E-state index contributed by atoms with van der Waals surface area (Å²) in [6.07, 6.45) is -4.69. The predicted molar refractivity (Wildman–Crippen MR) is 101 cm³/mol. The van der Waals surface area contributed by atoms with Gasteiger partial charge in [0.05, 0.1) is 11.4 Å². The van der Waals surface area contributed by atoms with Crippen LogP contribution >= 0.6 is 11.8 Å². The van der Waals surface area contributed by atoms with Crippen LogP contribution in [0, 0.1) is 0 Å². The van der Waals surface area contributed by atoms with Crippen molar-refractivity contribution in [2.75, 3.05) is 5.32 Å². The zero-order valence-corrected chi connectivity index (χ0v) is 15.2. The van der Waals surface area contributed by atoms with Crippen LogP contribution in [0.3, 0.4) is 0 Å². The van der Waals surface area contributed by atoms with Gasteiger partial charge in [0.15, 0.2) is 0 Å². The Hall–Kier alpha value is -2.60. The first-order valence-corrected chi connectivity index (χ1v) is 9.24. The fourth-order valence-corrected chi connectivity index (χ4v) is 4.07. The van der Waals surface area contributed by atoms with Crippen molar-refractivity contribution in [1.82, 2.24) is 0 Å². The number of para-hydroxylation sites is 1. The largest absolute Gasteiger partial charge is 0.573 e. The molecule has 1 unspecified atom stereocenters. The lowest BCUT2D eigenvalue weighted by molar-refractivity contribution is -0.274. The molecule has 0 radical (unpaired) electrons.